The van der Waals surface area contributed by atoms with Gasteiger partial charge in [-0.3, -0.25) is 9.78 Å². The van der Waals surface area contributed by atoms with Crippen LogP contribution in [0.25, 0.3) is 0 Å². The highest BCUT2D eigenvalue weighted by Gasteiger charge is 2.18. The molecule has 1 fully saturated rings. The molecule has 138 valence electrons. The fraction of sp³-hybridized carbons (Fsp3) is 0.263. The third-order valence-electron chi connectivity index (χ3n) is 4.42. The number of amides is 1. The van der Waals surface area contributed by atoms with Crippen molar-refractivity contribution in [2.75, 3.05) is 18.4 Å². The molecule has 0 atom stereocenters. The standard InChI is InChI=1S/C19H20N6O2/c26-19(18-13-25(24-23-18)15-5-9-20-10-6-15)22-14-1-3-16(4-2-14)27-17-7-11-21-12-8-17/h1-4,7-8,11-13,15,20H,5-6,9-10H2,(H,22,26). The molecule has 1 saturated heterocycles. The summed E-state index contributed by atoms with van der Waals surface area (Å²) in [6.45, 7) is 1.92. The molecule has 0 aliphatic carbocycles. The number of hydrogen-bond donors (Lipinski definition) is 2. The van der Waals surface area contributed by atoms with E-state index in [4.69, 9.17) is 4.74 Å². The lowest BCUT2D eigenvalue weighted by Gasteiger charge is -2.22. The molecule has 1 aromatic carbocycles. The molecule has 0 bridgehead atoms. The first-order valence-corrected chi connectivity index (χ1v) is 8.90. The number of carbonyl (C=O) groups excluding carboxylic acids is 1. The highest BCUT2D eigenvalue weighted by molar-refractivity contribution is 6.02. The van der Waals surface area contributed by atoms with Crippen LogP contribution in [-0.4, -0.2) is 39.0 Å². The smallest absolute Gasteiger partial charge is 0.277 e. The number of nitrogens with one attached hydrogen (secondary N) is 2. The zero-order valence-corrected chi connectivity index (χ0v) is 14.7. The second-order valence-electron chi connectivity index (χ2n) is 6.33. The number of ether oxygens (including phenoxy) is 1. The Morgan fingerprint density at radius 2 is 1.78 bits per heavy atom. The van der Waals surface area contributed by atoms with Gasteiger partial charge < -0.3 is 15.4 Å². The van der Waals surface area contributed by atoms with Crippen LogP contribution in [-0.2, 0) is 0 Å². The van der Waals surface area contributed by atoms with Crippen LogP contribution in [0.5, 0.6) is 11.5 Å². The summed E-state index contributed by atoms with van der Waals surface area (Å²) in [4.78, 5) is 16.4. The molecule has 8 heteroatoms. The lowest BCUT2D eigenvalue weighted by Crippen LogP contribution is -2.29. The maximum absolute atomic E-state index is 12.4. The first kappa shape index (κ1) is 17.2. The molecule has 0 radical (unpaired) electrons. The van der Waals surface area contributed by atoms with Crippen LogP contribution in [0.2, 0.25) is 0 Å². The molecular weight excluding hydrogens is 344 g/mol. The largest absolute Gasteiger partial charge is 0.457 e. The minimum Gasteiger partial charge on any atom is -0.457 e. The fourth-order valence-electron chi connectivity index (χ4n) is 2.97. The zero-order chi connectivity index (χ0) is 18.5. The van der Waals surface area contributed by atoms with E-state index in [1.165, 1.54) is 0 Å². The summed E-state index contributed by atoms with van der Waals surface area (Å²) in [7, 11) is 0. The summed E-state index contributed by atoms with van der Waals surface area (Å²) >= 11 is 0. The number of pyridine rings is 1. The van der Waals surface area contributed by atoms with Crippen molar-refractivity contribution < 1.29 is 9.53 Å². The summed E-state index contributed by atoms with van der Waals surface area (Å²) in [5.74, 6) is 1.10. The van der Waals surface area contributed by atoms with Crippen LogP contribution in [0.1, 0.15) is 29.4 Å². The van der Waals surface area contributed by atoms with Crippen molar-refractivity contribution in [3.8, 4) is 11.5 Å². The number of anilines is 1. The Bertz CT molecular complexity index is 888. The van der Waals surface area contributed by atoms with Gasteiger partial charge in [-0.1, -0.05) is 5.21 Å². The number of rotatable bonds is 5. The maximum Gasteiger partial charge on any atom is 0.277 e. The van der Waals surface area contributed by atoms with Gasteiger partial charge in [-0.25, -0.2) is 4.68 Å². The minimum atomic E-state index is -0.280. The molecule has 4 rings (SSSR count). The Kier molecular flexibility index (Phi) is 5.06. The van der Waals surface area contributed by atoms with Crippen LogP contribution >= 0.6 is 0 Å². The molecule has 0 unspecified atom stereocenters. The second-order valence-corrected chi connectivity index (χ2v) is 6.33. The third-order valence-corrected chi connectivity index (χ3v) is 4.42. The summed E-state index contributed by atoms with van der Waals surface area (Å²) in [6, 6.07) is 11.0. The van der Waals surface area contributed by atoms with Crippen molar-refractivity contribution in [2.24, 2.45) is 0 Å². The van der Waals surface area contributed by atoms with E-state index in [2.05, 4.69) is 25.9 Å². The number of hydrogen-bond acceptors (Lipinski definition) is 6. The highest BCUT2D eigenvalue weighted by Crippen LogP contribution is 2.22. The topological polar surface area (TPSA) is 94.0 Å². The van der Waals surface area contributed by atoms with E-state index >= 15 is 0 Å². The van der Waals surface area contributed by atoms with Gasteiger partial charge in [0.2, 0.25) is 0 Å². The minimum absolute atomic E-state index is 0.280. The fourth-order valence-corrected chi connectivity index (χ4v) is 2.97. The zero-order valence-electron chi connectivity index (χ0n) is 14.7. The molecule has 8 nitrogen and oxygen atoms in total. The van der Waals surface area contributed by atoms with Gasteiger partial charge in [0.05, 0.1) is 12.2 Å². The van der Waals surface area contributed by atoms with Gasteiger partial charge >= 0.3 is 0 Å². The summed E-state index contributed by atoms with van der Waals surface area (Å²) in [5, 5.41) is 14.3. The van der Waals surface area contributed by atoms with Crippen LogP contribution in [0.4, 0.5) is 5.69 Å². The predicted octanol–water partition coefficient (Wildman–Crippen LogP) is 2.64. The number of nitrogens with zero attached hydrogens (tertiary/aromatic N) is 4. The molecule has 1 aliphatic rings. The van der Waals surface area contributed by atoms with Gasteiger partial charge in [0.25, 0.3) is 5.91 Å². The van der Waals surface area contributed by atoms with Crippen LogP contribution < -0.4 is 15.4 Å². The number of benzene rings is 1. The molecule has 3 aromatic rings. The quantitative estimate of drug-likeness (QED) is 0.723. The molecule has 3 heterocycles. The number of aromatic nitrogens is 4. The second kappa shape index (κ2) is 7.96. The Morgan fingerprint density at radius 1 is 1.07 bits per heavy atom. The molecule has 1 aliphatic heterocycles. The van der Waals surface area contributed by atoms with Crippen LogP contribution in [0, 0.1) is 0 Å². The summed E-state index contributed by atoms with van der Waals surface area (Å²) < 4.78 is 7.50. The van der Waals surface area contributed by atoms with Gasteiger partial charge in [0.15, 0.2) is 5.69 Å². The lowest BCUT2D eigenvalue weighted by molar-refractivity contribution is 0.102. The summed E-state index contributed by atoms with van der Waals surface area (Å²) in [6.07, 6.45) is 7.03. The van der Waals surface area contributed by atoms with E-state index in [1.807, 2.05) is 0 Å². The Morgan fingerprint density at radius 3 is 2.52 bits per heavy atom. The first-order valence-electron chi connectivity index (χ1n) is 8.90. The van der Waals surface area contributed by atoms with Gasteiger partial charge in [0, 0.05) is 18.1 Å². The highest BCUT2D eigenvalue weighted by atomic mass is 16.5. The van der Waals surface area contributed by atoms with E-state index in [1.54, 1.807) is 59.7 Å². The molecule has 0 spiro atoms. The summed E-state index contributed by atoms with van der Waals surface area (Å²) in [5.41, 5.74) is 0.976. The SMILES string of the molecule is O=C(Nc1ccc(Oc2ccncc2)cc1)c1cn(C2CCNCC2)nn1. The molecule has 1 amide bonds. The number of carbonyl (C=O) groups is 1. The van der Waals surface area contributed by atoms with Crippen molar-refractivity contribution in [1.29, 1.82) is 0 Å². The molecular formula is C19H20N6O2. The first-order chi connectivity index (χ1) is 13.3. The van der Waals surface area contributed by atoms with Gasteiger partial charge in [-0.15, -0.1) is 5.10 Å². The maximum atomic E-state index is 12.4. The van der Waals surface area contributed by atoms with Crippen molar-refractivity contribution in [2.45, 2.75) is 18.9 Å². The lowest BCUT2D eigenvalue weighted by atomic mass is 10.1. The molecule has 2 N–H and O–H groups in total. The van der Waals surface area contributed by atoms with E-state index in [0.717, 1.165) is 25.9 Å². The predicted molar refractivity (Wildman–Crippen MR) is 99.9 cm³/mol. The Balaban J connectivity index is 1.37. The Labute approximate surface area is 156 Å². The van der Waals surface area contributed by atoms with E-state index in [-0.39, 0.29) is 5.91 Å². The van der Waals surface area contributed by atoms with Gasteiger partial charge in [-0.2, -0.15) is 0 Å². The van der Waals surface area contributed by atoms with Crippen molar-refractivity contribution in [1.82, 2.24) is 25.3 Å². The van der Waals surface area contributed by atoms with Gasteiger partial charge in [0.1, 0.15) is 11.5 Å². The average Bonchev–Trinajstić information content (AvgIpc) is 3.21. The van der Waals surface area contributed by atoms with Crippen molar-refractivity contribution in [3.05, 3.63) is 60.7 Å². The Hall–Kier alpha value is -3.26. The van der Waals surface area contributed by atoms with E-state index in [0.29, 0.717) is 28.9 Å². The molecule has 0 saturated carbocycles. The molecule has 27 heavy (non-hydrogen) atoms. The average molecular weight is 364 g/mol. The van der Waals surface area contributed by atoms with Crippen molar-refractivity contribution >= 4 is 11.6 Å². The molecule has 2 aromatic heterocycles. The number of piperidine rings is 1. The third kappa shape index (κ3) is 4.29. The normalized spacial score (nSPS) is 14.7. The van der Waals surface area contributed by atoms with Crippen LogP contribution in [0.15, 0.2) is 55.0 Å². The van der Waals surface area contributed by atoms with Gasteiger partial charge in [-0.05, 0) is 62.3 Å². The van der Waals surface area contributed by atoms with E-state index in [9.17, 15) is 4.79 Å². The van der Waals surface area contributed by atoms with E-state index < -0.39 is 0 Å². The van der Waals surface area contributed by atoms with Crippen LogP contribution in [0.3, 0.4) is 0 Å². The van der Waals surface area contributed by atoms with Crippen molar-refractivity contribution in [3.63, 3.8) is 0 Å². The monoisotopic (exact) mass is 364 g/mol.